The molecule has 0 amide bonds. The Morgan fingerprint density at radius 2 is 2.04 bits per heavy atom. The number of hydrogen-bond donors (Lipinski definition) is 0. The van der Waals surface area contributed by atoms with Crippen LogP contribution in [0.1, 0.15) is 30.4 Å². The van der Waals surface area contributed by atoms with E-state index in [2.05, 4.69) is 18.2 Å². The van der Waals surface area contributed by atoms with Crippen molar-refractivity contribution in [3.05, 3.63) is 46.2 Å². The van der Waals surface area contributed by atoms with Gasteiger partial charge in [0.05, 0.1) is 12.1 Å². The zero-order valence-corrected chi connectivity index (χ0v) is 16.7. The van der Waals surface area contributed by atoms with Gasteiger partial charge in [-0.15, -0.1) is 23.1 Å². The van der Waals surface area contributed by atoms with Gasteiger partial charge in [-0.1, -0.05) is 18.2 Å². The third-order valence-electron chi connectivity index (χ3n) is 5.68. The monoisotopic (exact) mass is 408 g/mol. The van der Waals surface area contributed by atoms with Gasteiger partial charge in [0.1, 0.15) is 16.4 Å². The maximum atomic E-state index is 13.4. The second-order valence-corrected chi connectivity index (χ2v) is 9.39. The predicted octanol–water partition coefficient (Wildman–Crippen LogP) is 4.46. The molecule has 0 spiro atoms. The largest absolute Gasteiger partial charge is 0.467 e. The number of aromatic nitrogens is 2. The van der Waals surface area contributed by atoms with Crippen molar-refractivity contribution in [3.8, 4) is 0 Å². The molecule has 3 aromatic heterocycles. The summed E-state index contributed by atoms with van der Waals surface area (Å²) < 4.78 is 7.76. The lowest BCUT2D eigenvalue weighted by Gasteiger charge is -2.15. The second-order valence-electron chi connectivity index (χ2n) is 7.35. The highest BCUT2D eigenvalue weighted by Crippen LogP contribution is 2.50. The Kier molecular flexibility index (Phi) is 3.44. The Balaban J connectivity index is 1.75. The van der Waals surface area contributed by atoms with Crippen LogP contribution in [0, 0.1) is 0 Å². The van der Waals surface area contributed by atoms with Crippen molar-refractivity contribution < 1.29 is 9.53 Å². The third-order valence-corrected chi connectivity index (χ3v) is 7.93. The summed E-state index contributed by atoms with van der Waals surface area (Å²) in [6.45, 7) is 0. The number of nitrogens with zero attached hydrogens (tertiary/aromatic N) is 2. The van der Waals surface area contributed by atoms with Gasteiger partial charge in [-0.2, -0.15) is 0 Å². The molecular formula is C21H16N2O3S2. The van der Waals surface area contributed by atoms with Crippen LogP contribution in [-0.2, 0) is 9.53 Å². The molecule has 2 aliphatic rings. The molecule has 1 aliphatic carbocycles. The molecule has 0 unspecified atom stereocenters. The number of methoxy groups -OCH3 is 1. The summed E-state index contributed by atoms with van der Waals surface area (Å²) in [7, 11) is 1.37. The summed E-state index contributed by atoms with van der Waals surface area (Å²) in [5.74, 6) is 0.615. The van der Waals surface area contributed by atoms with Crippen molar-refractivity contribution in [1.82, 2.24) is 9.55 Å². The van der Waals surface area contributed by atoms with Gasteiger partial charge in [-0.3, -0.25) is 9.36 Å². The summed E-state index contributed by atoms with van der Waals surface area (Å²) in [5, 5.41) is 4.16. The average Bonchev–Trinajstić information content (AvgIpc) is 3.34. The van der Waals surface area contributed by atoms with Crippen molar-refractivity contribution in [2.24, 2.45) is 0 Å². The summed E-state index contributed by atoms with van der Waals surface area (Å²) in [5.41, 5.74) is 1.48. The minimum absolute atomic E-state index is 0.186. The fourth-order valence-electron chi connectivity index (χ4n) is 4.21. The van der Waals surface area contributed by atoms with Crippen LogP contribution in [0.5, 0.6) is 0 Å². The van der Waals surface area contributed by atoms with E-state index in [1.165, 1.54) is 22.8 Å². The maximum absolute atomic E-state index is 13.4. The number of rotatable bonds is 2. The van der Waals surface area contributed by atoms with Crippen LogP contribution >= 0.6 is 23.1 Å². The van der Waals surface area contributed by atoms with E-state index >= 15 is 0 Å². The van der Waals surface area contributed by atoms with E-state index in [0.717, 1.165) is 33.5 Å². The van der Waals surface area contributed by atoms with Crippen LogP contribution in [0.4, 0.5) is 0 Å². The number of carbonyl (C=O) groups excluding carboxylic acids is 1. The normalized spacial score (nSPS) is 18.8. The van der Waals surface area contributed by atoms with Crippen LogP contribution in [0.2, 0.25) is 0 Å². The molecule has 0 bridgehead atoms. The van der Waals surface area contributed by atoms with Gasteiger partial charge in [-0.25, -0.2) is 9.78 Å². The molecule has 1 saturated carbocycles. The van der Waals surface area contributed by atoms with Crippen LogP contribution < -0.4 is 5.56 Å². The molecule has 1 fully saturated rings. The van der Waals surface area contributed by atoms with Gasteiger partial charge in [0, 0.05) is 26.6 Å². The van der Waals surface area contributed by atoms with Crippen LogP contribution in [0.3, 0.4) is 0 Å². The number of thioether (sulfide) groups is 1. The van der Waals surface area contributed by atoms with E-state index in [-0.39, 0.29) is 11.5 Å². The highest BCUT2D eigenvalue weighted by Gasteiger charge is 2.38. The van der Waals surface area contributed by atoms with E-state index in [4.69, 9.17) is 9.72 Å². The molecule has 5 nitrogen and oxygen atoms in total. The third kappa shape index (κ3) is 2.17. The lowest BCUT2D eigenvalue weighted by atomic mass is 10.0. The van der Waals surface area contributed by atoms with Crippen LogP contribution in [0.15, 0.2) is 40.2 Å². The molecular weight excluding hydrogens is 392 g/mol. The van der Waals surface area contributed by atoms with Gasteiger partial charge in [0.2, 0.25) is 0 Å². The van der Waals surface area contributed by atoms with Crippen molar-refractivity contribution in [2.45, 2.75) is 29.8 Å². The number of esters is 1. The number of hydrogen-bond acceptors (Lipinski definition) is 6. The number of ether oxygens (including phenoxy) is 1. The van der Waals surface area contributed by atoms with Gasteiger partial charge in [0.25, 0.3) is 5.56 Å². The minimum Gasteiger partial charge on any atom is -0.467 e. The first-order chi connectivity index (χ1) is 13.7. The van der Waals surface area contributed by atoms with Crippen molar-refractivity contribution in [3.63, 3.8) is 0 Å². The molecule has 1 aliphatic heterocycles. The second kappa shape index (κ2) is 5.81. The van der Waals surface area contributed by atoms with Crippen LogP contribution in [-0.4, -0.2) is 28.4 Å². The molecule has 0 radical (unpaired) electrons. The smallest absolute Gasteiger partial charge is 0.329 e. The fraction of sp³-hybridized carbons (Fsp3) is 0.286. The summed E-state index contributed by atoms with van der Waals surface area (Å²) >= 11 is 3.20. The number of pyridine rings is 2. The van der Waals surface area contributed by atoms with E-state index in [1.807, 2.05) is 12.1 Å². The topological polar surface area (TPSA) is 61.2 Å². The molecule has 4 aromatic rings. The van der Waals surface area contributed by atoms with Crippen LogP contribution in [0.25, 0.3) is 31.2 Å². The zero-order valence-electron chi connectivity index (χ0n) is 15.1. The van der Waals surface area contributed by atoms with E-state index in [9.17, 15) is 9.59 Å². The maximum Gasteiger partial charge on any atom is 0.329 e. The minimum atomic E-state index is -0.570. The Bertz CT molecular complexity index is 1370. The Labute approximate surface area is 168 Å². The van der Waals surface area contributed by atoms with Gasteiger partial charge < -0.3 is 4.74 Å². The molecule has 1 aromatic carbocycles. The lowest BCUT2D eigenvalue weighted by Crippen LogP contribution is -2.30. The predicted molar refractivity (Wildman–Crippen MR) is 113 cm³/mol. The standard InChI is InChI=1S/C21H16N2O3S2/c1-26-21(25)14-9-27-20-16(10-6-7-10)13-8-12-11-4-2-3-5-15(11)28-18(12)22-17(13)19(24)23(14)20/h2-5,8,10,14H,6-7,9H2,1H3/t14-/m0/s1. The average molecular weight is 409 g/mol. The summed E-state index contributed by atoms with van der Waals surface area (Å²) in [6.07, 6.45) is 2.23. The van der Waals surface area contributed by atoms with E-state index in [1.54, 1.807) is 27.7 Å². The molecule has 28 heavy (non-hydrogen) atoms. The van der Waals surface area contributed by atoms with E-state index < -0.39 is 6.04 Å². The van der Waals surface area contributed by atoms with Gasteiger partial charge >= 0.3 is 5.97 Å². The lowest BCUT2D eigenvalue weighted by molar-refractivity contribution is -0.143. The van der Waals surface area contributed by atoms with Gasteiger partial charge in [0.15, 0.2) is 0 Å². The molecule has 1 atom stereocenters. The van der Waals surface area contributed by atoms with Crippen molar-refractivity contribution in [1.29, 1.82) is 0 Å². The number of thiophene rings is 1. The zero-order chi connectivity index (χ0) is 19.0. The molecule has 140 valence electrons. The first-order valence-electron chi connectivity index (χ1n) is 9.28. The Morgan fingerprint density at radius 1 is 1.21 bits per heavy atom. The molecule has 4 heterocycles. The SMILES string of the molecule is COC(=O)[C@@H]1CSc2c(C3CC3)c3cc4c(nc3c(=O)n21)sc1ccccc14. The molecule has 7 heteroatoms. The number of benzene rings is 1. The van der Waals surface area contributed by atoms with Gasteiger partial charge in [-0.05, 0) is 36.5 Å². The molecule has 0 N–H and O–H groups in total. The highest BCUT2D eigenvalue weighted by atomic mass is 32.2. The fourth-order valence-corrected chi connectivity index (χ4v) is 6.65. The summed E-state index contributed by atoms with van der Waals surface area (Å²) in [4.78, 5) is 31.3. The van der Waals surface area contributed by atoms with Crippen molar-refractivity contribution >= 4 is 60.3 Å². The highest BCUT2D eigenvalue weighted by molar-refractivity contribution is 7.99. The molecule has 6 rings (SSSR count). The number of carbonyl (C=O) groups is 1. The Morgan fingerprint density at radius 3 is 2.82 bits per heavy atom. The molecule has 0 saturated heterocycles. The number of fused-ring (bicyclic) bond motifs is 5. The first-order valence-corrected chi connectivity index (χ1v) is 11.1. The quantitative estimate of drug-likeness (QED) is 0.458. The Hall–Kier alpha value is -2.38. The summed E-state index contributed by atoms with van der Waals surface area (Å²) in [6, 6.07) is 9.84. The van der Waals surface area contributed by atoms with Crippen molar-refractivity contribution in [2.75, 3.05) is 12.9 Å². The first kappa shape index (κ1) is 16.6. The van der Waals surface area contributed by atoms with E-state index in [0.29, 0.717) is 17.2 Å².